The normalized spacial score (nSPS) is 16.0. The number of allylic oxidation sites excluding steroid dienone is 1. The Kier molecular flexibility index (Phi) is 6.58. The van der Waals surface area contributed by atoms with E-state index in [1.165, 1.54) is 15.9 Å². The number of fused-ring (bicyclic) bond motifs is 1. The van der Waals surface area contributed by atoms with Crippen molar-refractivity contribution in [3.05, 3.63) is 99.6 Å². The number of nitrogens with zero attached hydrogens (tertiary/aromatic N) is 2. The van der Waals surface area contributed by atoms with Crippen molar-refractivity contribution in [2.45, 2.75) is 19.9 Å². The molecule has 4 rings (SSSR count). The molecule has 1 aliphatic rings. The lowest BCUT2D eigenvalue weighted by Crippen LogP contribution is -2.39. The third-order valence-electron chi connectivity index (χ3n) is 4.97. The molecule has 0 aliphatic carbocycles. The predicted molar refractivity (Wildman–Crippen MR) is 128 cm³/mol. The second kappa shape index (κ2) is 9.24. The summed E-state index contributed by atoms with van der Waals surface area (Å²) < 4.78 is 7.21. The summed E-state index contributed by atoms with van der Waals surface area (Å²) >= 11 is 19.7. The van der Waals surface area contributed by atoms with Crippen molar-refractivity contribution >= 4 is 58.2 Å². The molecule has 0 unspecified atom stereocenters. The maximum atomic E-state index is 13.5. The van der Waals surface area contributed by atoms with Crippen LogP contribution in [0.25, 0.3) is 6.08 Å². The molecule has 1 atom stereocenters. The zero-order chi connectivity index (χ0) is 23.0. The molecule has 0 bridgehead atoms. The van der Waals surface area contributed by atoms with Gasteiger partial charge in [0.1, 0.15) is 0 Å². The fourth-order valence-electron chi connectivity index (χ4n) is 3.53. The molecule has 1 aliphatic heterocycles. The number of benzene rings is 2. The first kappa shape index (κ1) is 22.8. The summed E-state index contributed by atoms with van der Waals surface area (Å²) in [5.41, 5.74) is 1.86. The molecule has 3 aromatic rings. The highest BCUT2D eigenvalue weighted by Crippen LogP contribution is 2.31. The van der Waals surface area contributed by atoms with Crippen LogP contribution >= 0.6 is 46.1 Å². The molecule has 9 heteroatoms. The van der Waals surface area contributed by atoms with E-state index in [2.05, 4.69) is 4.99 Å². The van der Waals surface area contributed by atoms with E-state index >= 15 is 0 Å². The predicted octanol–water partition coefficient (Wildman–Crippen LogP) is 4.76. The third-order valence-corrected chi connectivity index (χ3v) is 7.04. The molecule has 1 aromatic heterocycles. The fraction of sp³-hybridized carbons (Fsp3) is 0.174. The van der Waals surface area contributed by atoms with Crippen molar-refractivity contribution in [2.75, 3.05) is 6.61 Å². The maximum Gasteiger partial charge on any atom is 0.338 e. The van der Waals surface area contributed by atoms with Gasteiger partial charge in [-0.1, -0.05) is 70.4 Å². The largest absolute Gasteiger partial charge is 0.463 e. The smallest absolute Gasteiger partial charge is 0.338 e. The van der Waals surface area contributed by atoms with Crippen LogP contribution in [0, 0.1) is 0 Å². The lowest BCUT2D eigenvalue weighted by atomic mass is 9.96. The highest BCUT2D eigenvalue weighted by molar-refractivity contribution is 7.07. The van der Waals surface area contributed by atoms with Gasteiger partial charge in [-0.2, -0.15) is 0 Å². The Labute approximate surface area is 202 Å². The molecule has 2 aromatic carbocycles. The molecule has 164 valence electrons. The van der Waals surface area contributed by atoms with Gasteiger partial charge in [-0.05, 0) is 49.2 Å². The van der Waals surface area contributed by atoms with E-state index in [0.717, 1.165) is 5.56 Å². The summed E-state index contributed by atoms with van der Waals surface area (Å²) in [5, 5.41) is 1.31. The van der Waals surface area contributed by atoms with E-state index in [9.17, 15) is 9.59 Å². The molecule has 0 saturated heterocycles. The van der Waals surface area contributed by atoms with Crippen LogP contribution < -0.4 is 14.9 Å². The minimum atomic E-state index is -0.695. The SMILES string of the molecule is CCOC(=O)C1=C(C)N=c2s/c(=C/c3cccc(Cl)c3Cl)c(=O)n2[C@H]1c1ccc(Cl)cc1. The Morgan fingerprint density at radius 2 is 1.91 bits per heavy atom. The lowest BCUT2D eigenvalue weighted by Gasteiger charge is -2.24. The summed E-state index contributed by atoms with van der Waals surface area (Å²) in [7, 11) is 0. The van der Waals surface area contributed by atoms with Gasteiger partial charge in [0.15, 0.2) is 4.80 Å². The van der Waals surface area contributed by atoms with E-state index in [4.69, 9.17) is 39.5 Å². The van der Waals surface area contributed by atoms with Gasteiger partial charge in [-0.25, -0.2) is 9.79 Å². The van der Waals surface area contributed by atoms with Crippen LogP contribution in [-0.2, 0) is 9.53 Å². The number of halogens is 3. The van der Waals surface area contributed by atoms with Gasteiger partial charge in [0.25, 0.3) is 5.56 Å². The van der Waals surface area contributed by atoms with Crippen molar-refractivity contribution in [2.24, 2.45) is 4.99 Å². The van der Waals surface area contributed by atoms with Crippen LogP contribution in [0.15, 0.2) is 63.5 Å². The van der Waals surface area contributed by atoms with Crippen LogP contribution in [0.2, 0.25) is 15.1 Å². The van der Waals surface area contributed by atoms with Crippen LogP contribution in [-0.4, -0.2) is 17.1 Å². The Balaban J connectivity index is 1.98. The van der Waals surface area contributed by atoms with Gasteiger partial charge in [0.2, 0.25) is 0 Å². The van der Waals surface area contributed by atoms with Crippen molar-refractivity contribution < 1.29 is 9.53 Å². The van der Waals surface area contributed by atoms with Gasteiger partial charge in [-0.3, -0.25) is 9.36 Å². The minimum absolute atomic E-state index is 0.209. The number of rotatable bonds is 4. The fourth-order valence-corrected chi connectivity index (χ4v) is 5.05. The molecular formula is C23H17Cl3N2O3S. The average Bonchev–Trinajstić information content (AvgIpc) is 3.06. The van der Waals surface area contributed by atoms with E-state index in [-0.39, 0.29) is 12.2 Å². The van der Waals surface area contributed by atoms with E-state index < -0.39 is 12.0 Å². The zero-order valence-corrected chi connectivity index (χ0v) is 20.1. The molecule has 0 fully saturated rings. The molecule has 0 radical (unpaired) electrons. The van der Waals surface area contributed by atoms with Crippen LogP contribution in [0.3, 0.4) is 0 Å². The Morgan fingerprint density at radius 3 is 2.59 bits per heavy atom. The number of esters is 1. The molecular weight excluding hydrogens is 491 g/mol. The quantitative estimate of drug-likeness (QED) is 0.479. The molecule has 32 heavy (non-hydrogen) atoms. The summed E-state index contributed by atoms with van der Waals surface area (Å²) in [4.78, 5) is 31.4. The second-order valence-electron chi connectivity index (χ2n) is 7.00. The zero-order valence-electron chi connectivity index (χ0n) is 17.1. The highest BCUT2D eigenvalue weighted by atomic mass is 35.5. The summed E-state index contributed by atoms with van der Waals surface area (Å²) in [5.74, 6) is -0.513. The van der Waals surface area contributed by atoms with Crippen LogP contribution in [0.4, 0.5) is 0 Å². The number of hydrogen-bond donors (Lipinski definition) is 0. The van der Waals surface area contributed by atoms with Crippen molar-refractivity contribution in [3.63, 3.8) is 0 Å². The van der Waals surface area contributed by atoms with Gasteiger partial charge in [0.05, 0.1) is 38.5 Å². The number of carbonyl (C=O) groups excluding carboxylic acids is 1. The first-order valence-electron chi connectivity index (χ1n) is 9.71. The first-order valence-corrected chi connectivity index (χ1v) is 11.7. The first-order chi connectivity index (χ1) is 15.3. The molecule has 2 heterocycles. The van der Waals surface area contributed by atoms with Gasteiger partial charge >= 0.3 is 5.97 Å². The monoisotopic (exact) mass is 506 g/mol. The van der Waals surface area contributed by atoms with Gasteiger partial charge < -0.3 is 4.74 Å². The van der Waals surface area contributed by atoms with E-state index in [1.54, 1.807) is 62.4 Å². The average molecular weight is 508 g/mol. The van der Waals surface area contributed by atoms with Crippen molar-refractivity contribution in [1.82, 2.24) is 4.57 Å². The molecule has 0 saturated carbocycles. The van der Waals surface area contributed by atoms with Gasteiger partial charge in [0, 0.05) is 5.02 Å². The third kappa shape index (κ3) is 4.16. The number of carbonyl (C=O) groups is 1. The highest BCUT2D eigenvalue weighted by Gasteiger charge is 2.33. The Morgan fingerprint density at radius 1 is 1.19 bits per heavy atom. The molecule has 0 amide bonds. The van der Waals surface area contributed by atoms with E-state index in [0.29, 0.717) is 41.2 Å². The minimum Gasteiger partial charge on any atom is -0.463 e. The number of thiazole rings is 1. The summed E-state index contributed by atoms with van der Waals surface area (Å²) in [6, 6.07) is 11.5. The van der Waals surface area contributed by atoms with Gasteiger partial charge in [-0.15, -0.1) is 0 Å². The second-order valence-corrected chi connectivity index (χ2v) is 9.23. The lowest BCUT2D eigenvalue weighted by molar-refractivity contribution is -0.139. The topological polar surface area (TPSA) is 60.7 Å². The number of aromatic nitrogens is 1. The van der Waals surface area contributed by atoms with E-state index in [1.807, 2.05) is 0 Å². The molecule has 0 spiro atoms. The van der Waals surface area contributed by atoms with Crippen molar-refractivity contribution in [1.29, 1.82) is 0 Å². The van der Waals surface area contributed by atoms with Crippen LogP contribution in [0.1, 0.15) is 31.0 Å². The Bertz CT molecular complexity index is 1420. The summed E-state index contributed by atoms with van der Waals surface area (Å²) in [6.07, 6.45) is 1.68. The maximum absolute atomic E-state index is 13.5. The van der Waals surface area contributed by atoms with Crippen molar-refractivity contribution in [3.8, 4) is 0 Å². The Hall–Kier alpha value is -2.38. The number of ether oxygens (including phenoxy) is 1. The van der Waals surface area contributed by atoms with Crippen LogP contribution in [0.5, 0.6) is 0 Å². The standard InChI is InChI=1S/C23H17Cl3N2O3S/c1-3-31-22(30)18-12(2)27-23-28(20(18)13-7-9-15(24)10-8-13)21(29)17(32-23)11-14-5-4-6-16(25)19(14)26/h4-11,20H,3H2,1-2H3/b17-11+/t20-/m0/s1. The summed E-state index contributed by atoms with van der Waals surface area (Å²) in [6.45, 7) is 3.68. The molecule has 0 N–H and O–H groups in total. The number of hydrogen-bond acceptors (Lipinski definition) is 5. The molecule has 5 nitrogen and oxygen atoms in total.